The van der Waals surface area contributed by atoms with E-state index >= 15 is 0 Å². The lowest BCUT2D eigenvalue weighted by molar-refractivity contribution is 0.0218. The molecule has 1 atom stereocenters. The molecular weight excluding hydrogens is 456 g/mol. The van der Waals surface area contributed by atoms with Crippen LogP contribution in [0.15, 0.2) is 30.9 Å². The smallest absolute Gasteiger partial charge is 0.410 e. The first kappa shape index (κ1) is 23.9. The van der Waals surface area contributed by atoms with Crippen LogP contribution >= 0.6 is 0 Å². The Hall–Kier alpha value is -3.87. The number of nitrogens with zero attached hydrogens (tertiary/aromatic N) is 8. The molecule has 2 saturated heterocycles. The molecule has 5 heterocycles. The van der Waals surface area contributed by atoms with Crippen LogP contribution in [0.4, 0.5) is 16.3 Å². The van der Waals surface area contributed by atoms with Gasteiger partial charge in [0.15, 0.2) is 5.65 Å². The molecule has 0 radical (unpaired) electrons. The number of ether oxygens (including phenoxy) is 1. The highest BCUT2D eigenvalue weighted by atomic mass is 16.6. The number of amides is 1. The number of hydrogen-bond acceptors (Lipinski definition) is 8. The van der Waals surface area contributed by atoms with E-state index in [0.29, 0.717) is 31.0 Å². The summed E-state index contributed by atoms with van der Waals surface area (Å²) < 4.78 is 7.55. The van der Waals surface area contributed by atoms with Crippen LogP contribution in [0.5, 0.6) is 0 Å². The summed E-state index contributed by atoms with van der Waals surface area (Å²) >= 11 is 0. The highest BCUT2D eigenvalue weighted by molar-refractivity contribution is 6.00. The molecule has 188 valence electrons. The number of anilines is 2. The topological polar surface area (TPSA) is 103 Å². The van der Waals surface area contributed by atoms with E-state index in [2.05, 4.69) is 39.0 Å². The Balaban J connectivity index is 1.54. The molecule has 1 amide bonds. The summed E-state index contributed by atoms with van der Waals surface area (Å²) in [7, 11) is 0. The number of fused-ring (bicyclic) bond motifs is 1. The van der Waals surface area contributed by atoms with Crippen molar-refractivity contribution in [2.45, 2.75) is 52.2 Å². The van der Waals surface area contributed by atoms with Gasteiger partial charge in [0.2, 0.25) is 0 Å². The standard InChI is InChI=1S/C26H32N8O2/c1-18-15-32(25(35)36-26(2,3)4)11-12-33(18)23-22-20(31-9-5-6-10-31)16-34(24(22)30-17-29-23)21-13-19(14-27)7-8-28-21/h7-8,13,16-18H,5-6,9-12,15H2,1-4H3/t18-/m0/s1. The summed E-state index contributed by atoms with van der Waals surface area (Å²) in [4.78, 5) is 33.0. The zero-order valence-electron chi connectivity index (χ0n) is 21.3. The quantitative estimate of drug-likeness (QED) is 0.549. The van der Waals surface area contributed by atoms with Crippen molar-refractivity contribution in [3.05, 3.63) is 36.4 Å². The first-order valence-corrected chi connectivity index (χ1v) is 12.5. The molecule has 0 bridgehead atoms. The number of carbonyl (C=O) groups is 1. The molecule has 2 fully saturated rings. The number of rotatable bonds is 3. The van der Waals surface area contributed by atoms with Gasteiger partial charge >= 0.3 is 6.09 Å². The first-order chi connectivity index (χ1) is 17.2. The van der Waals surface area contributed by atoms with Gasteiger partial charge in [-0.2, -0.15) is 5.26 Å². The average molecular weight is 489 g/mol. The van der Waals surface area contributed by atoms with Crippen molar-refractivity contribution >= 4 is 28.6 Å². The van der Waals surface area contributed by atoms with Crippen LogP contribution in [-0.2, 0) is 4.74 Å². The molecule has 0 aliphatic carbocycles. The number of aromatic nitrogens is 4. The first-order valence-electron chi connectivity index (χ1n) is 12.5. The number of carbonyl (C=O) groups excluding carboxylic acids is 1. The number of pyridine rings is 1. The normalized spacial score (nSPS) is 18.5. The lowest BCUT2D eigenvalue weighted by Gasteiger charge is -2.41. The molecule has 3 aromatic heterocycles. The van der Waals surface area contributed by atoms with Crippen molar-refractivity contribution in [2.24, 2.45) is 0 Å². The summed E-state index contributed by atoms with van der Waals surface area (Å²) in [6.45, 7) is 11.4. The van der Waals surface area contributed by atoms with E-state index in [4.69, 9.17) is 9.72 Å². The largest absolute Gasteiger partial charge is 0.444 e. The van der Waals surface area contributed by atoms with Gasteiger partial charge in [-0.1, -0.05) is 0 Å². The van der Waals surface area contributed by atoms with E-state index in [-0.39, 0.29) is 12.1 Å². The molecule has 2 aliphatic rings. The van der Waals surface area contributed by atoms with Crippen molar-refractivity contribution in [3.63, 3.8) is 0 Å². The summed E-state index contributed by atoms with van der Waals surface area (Å²) in [5, 5.41) is 10.4. The van der Waals surface area contributed by atoms with Gasteiger partial charge in [-0.3, -0.25) is 4.57 Å². The van der Waals surface area contributed by atoms with Crippen molar-refractivity contribution in [2.75, 3.05) is 42.5 Å². The summed E-state index contributed by atoms with van der Waals surface area (Å²) in [5.74, 6) is 1.50. The second-order valence-corrected chi connectivity index (χ2v) is 10.5. The van der Waals surface area contributed by atoms with E-state index in [0.717, 1.165) is 48.5 Å². The van der Waals surface area contributed by atoms with E-state index in [1.165, 1.54) is 0 Å². The van der Waals surface area contributed by atoms with E-state index in [1.807, 2.05) is 25.3 Å². The Bertz CT molecular complexity index is 1320. The molecular formula is C26H32N8O2. The Kier molecular flexibility index (Phi) is 6.16. The summed E-state index contributed by atoms with van der Waals surface area (Å²) in [6.07, 6.45) is 7.30. The minimum Gasteiger partial charge on any atom is -0.444 e. The van der Waals surface area contributed by atoms with Crippen molar-refractivity contribution in [3.8, 4) is 11.9 Å². The second kappa shape index (κ2) is 9.30. The van der Waals surface area contributed by atoms with Crippen LogP contribution in [0, 0.1) is 11.3 Å². The Morgan fingerprint density at radius 2 is 1.92 bits per heavy atom. The predicted molar refractivity (Wildman–Crippen MR) is 137 cm³/mol. The molecule has 0 saturated carbocycles. The van der Waals surface area contributed by atoms with Gasteiger partial charge in [-0.25, -0.2) is 19.7 Å². The number of nitriles is 1. The molecule has 10 heteroatoms. The monoisotopic (exact) mass is 488 g/mol. The lowest BCUT2D eigenvalue weighted by Crippen LogP contribution is -2.54. The summed E-state index contributed by atoms with van der Waals surface area (Å²) in [5.41, 5.74) is 1.85. The minimum absolute atomic E-state index is 0.0409. The lowest BCUT2D eigenvalue weighted by atomic mass is 10.1. The number of piperazine rings is 1. The Labute approximate surface area is 211 Å². The van der Waals surface area contributed by atoms with Crippen LogP contribution in [-0.4, -0.2) is 74.9 Å². The maximum absolute atomic E-state index is 12.7. The Morgan fingerprint density at radius 1 is 1.14 bits per heavy atom. The van der Waals surface area contributed by atoms with Crippen LogP contribution < -0.4 is 9.80 Å². The fourth-order valence-corrected chi connectivity index (χ4v) is 5.00. The molecule has 5 rings (SSSR count). The average Bonchev–Trinajstić information content (AvgIpc) is 3.51. The molecule has 36 heavy (non-hydrogen) atoms. The van der Waals surface area contributed by atoms with Crippen LogP contribution in [0.2, 0.25) is 0 Å². The van der Waals surface area contributed by atoms with Gasteiger partial charge in [0, 0.05) is 51.2 Å². The Morgan fingerprint density at radius 3 is 2.61 bits per heavy atom. The molecule has 0 spiro atoms. The molecule has 10 nitrogen and oxygen atoms in total. The third kappa shape index (κ3) is 4.53. The zero-order valence-corrected chi connectivity index (χ0v) is 21.3. The van der Waals surface area contributed by atoms with E-state index in [1.54, 1.807) is 29.6 Å². The van der Waals surface area contributed by atoms with Gasteiger partial charge in [0.05, 0.1) is 22.7 Å². The van der Waals surface area contributed by atoms with E-state index in [9.17, 15) is 10.1 Å². The third-order valence-corrected chi connectivity index (χ3v) is 6.66. The van der Waals surface area contributed by atoms with Gasteiger partial charge in [-0.15, -0.1) is 0 Å². The highest BCUT2D eigenvalue weighted by Crippen LogP contribution is 2.38. The molecule has 0 aromatic carbocycles. The van der Waals surface area contributed by atoms with Crippen molar-refractivity contribution in [1.82, 2.24) is 24.4 Å². The fraction of sp³-hybridized carbons (Fsp3) is 0.500. The molecule has 0 unspecified atom stereocenters. The van der Waals surface area contributed by atoms with Crippen LogP contribution in [0.25, 0.3) is 16.9 Å². The van der Waals surface area contributed by atoms with Crippen LogP contribution in [0.1, 0.15) is 46.1 Å². The molecule has 3 aromatic rings. The van der Waals surface area contributed by atoms with Gasteiger partial charge < -0.3 is 19.4 Å². The zero-order chi connectivity index (χ0) is 25.4. The molecule has 2 aliphatic heterocycles. The van der Waals surface area contributed by atoms with Crippen LogP contribution in [0.3, 0.4) is 0 Å². The van der Waals surface area contributed by atoms with E-state index < -0.39 is 5.60 Å². The highest BCUT2D eigenvalue weighted by Gasteiger charge is 2.33. The third-order valence-electron chi connectivity index (χ3n) is 6.66. The van der Waals surface area contributed by atoms with Gasteiger partial charge in [-0.05, 0) is 52.7 Å². The fourth-order valence-electron chi connectivity index (χ4n) is 5.00. The predicted octanol–water partition coefficient (Wildman–Crippen LogP) is 3.73. The second-order valence-electron chi connectivity index (χ2n) is 10.5. The van der Waals surface area contributed by atoms with Crippen molar-refractivity contribution < 1.29 is 9.53 Å². The van der Waals surface area contributed by atoms with Gasteiger partial charge in [0.25, 0.3) is 0 Å². The van der Waals surface area contributed by atoms with Crippen molar-refractivity contribution in [1.29, 1.82) is 5.26 Å². The SMILES string of the molecule is C[C@H]1CN(C(=O)OC(C)(C)C)CCN1c1ncnc2c1c(N1CCCC1)cn2-c1cc(C#N)ccn1. The molecule has 0 N–H and O–H groups in total. The van der Waals surface area contributed by atoms with Gasteiger partial charge in [0.1, 0.15) is 23.6 Å². The minimum atomic E-state index is -0.527. The maximum Gasteiger partial charge on any atom is 0.410 e. The summed E-state index contributed by atoms with van der Waals surface area (Å²) in [6, 6.07) is 5.71. The maximum atomic E-state index is 12.7. The number of hydrogen-bond donors (Lipinski definition) is 0.